The summed E-state index contributed by atoms with van der Waals surface area (Å²) in [5.74, 6) is 0. The Morgan fingerprint density at radius 2 is 2.33 bits per heavy atom. The van der Waals surface area contributed by atoms with E-state index in [-0.39, 0.29) is 6.10 Å². The Bertz CT molecular complexity index is 427. The summed E-state index contributed by atoms with van der Waals surface area (Å²) in [6, 6.07) is 5.98. The summed E-state index contributed by atoms with van der Waals surface area (Å²) in [5, 5.41) is 8.74. The summed E-state index contributed by atoms with van der Waals surface area (Å²) in [6.45, 7) is 1.50. The fourth-order valence-electron chi connectivity index (χ4n) is 2.33. The van der Waals surface area contributed by atoms with Crippen LogP contribution in [0.15, 0.2) is 18.3 Å². The first-order valence-electron chi connectivity index (χ1n) is 5.93. The van der Waals surface area contributed by atoms with Gasteiger partial charge in [-0.15, -0.1) is 0 Å². The molecule has 1 aromatic heterocycles. The van der Waals surface area contributed by atoms with Gasteiger partial charge in [0.15, 0.2) is 0 Å². The molecule has 1 saturated heterocycles. The Morgan fingerprint density at radius 1 is 1.50 bits per heavy atom. The van der Waals surface area contributed by atoms with Crippen LogP contribution < -0.4 is 4.90 Å². The molecular formula is C13H17N3O2. The summed E-state index contributed by atoms with van der Waals surface area (Å²) in [4.78, 5) is 6.33. The van der Waals surface area contributed by atoms with Gasteiger partial charge < -0.3 is 14.4 Å². The molecule has 1 aromatic rings. The van der Waals surface area contributed by atoms with Crippen LogP contribution in [0.25, 0.3) is 0 Å². The zero-order valence-electron chi connectivity index (χ0n) is 10.7. The van der Waals surface area contributed by atoms with Gasteiger partial charge in [-0.2, -0.15) is 5.26 Å². The second-order valence-electron chi connectivity index (χ2n) is 4.37. The zero-order chi connectivity index (χ0) is 13.0. The van der Waals surface area contributed by atoms with Crippen molar-refractivity contribution in [2.45, 2.75) is 18.6 Å². The molecule has 0 aliphatic carbocycles. The quantitative estimate of drug-likeness (QED) is 0.800. The highest BCUT2D eigenvalue weighted by atomic mass is 16.5. The number of ether oxygens (including phenoxy) is 2. The molecule has 0 spiro atoms. The third kappa shape index (κ3) is 2.61. The van der Waals surface area contributed by atoms with Crippen LogP contribution in [0, 0.1) is 11.3 Å². The van der Waals surface area contributed by atoms with E-state index in [0.29, 0.717) is 18.3 Å². The van der Waals surface area contributed by atoms with E-state index in [9.17, 15) is 0 Å². The Labute approximate surface area is 107 Å². The number of anilines is 1. The van der Waals surface area contributed by atoms with Gasteiger partial charge in [-0.3, -0.25) is 0 Å². The topological polar surface area (TPSA) is 58.4 Å². The number of pyridine rings is 1. The van der Waals surface area contributed by atoms with Crippen molar-refractivity contribution in [1.29, 1.82) is 5.26 Å². The van der Waals surface area contributed by atoms with E-state index in [4.69, 9.17) is 14.7 Å². The summed E-state index contributed by atoms with van der Waals surface area (Å²) < 4.78 is 10.7. The van der Waals surface area contributed by atoms with Gasteiger partial charge in [-0.25, -0.2) is 4.98 Å². The Balaban J connectivity index is 2.16. The number of rotatable bonds is 4. The van der Waals surface area contributed by atoms with Gasteiger partial charge in [-0.05, 0) is 18.6 Å². The maximum atomic E-state index is 8.74. The number of nitriles is 1. The van der Waals surface area contributed by atoms with E-state index < -0.39 is 0 Å². The average molecular weight is 247 g/mol. The molecule has 0 bridgehead atoms. The van der Waals surface area contributed by atoms with Crippen molar-refractivity contribution >= 4 is 5.69 Å². The van der Waals surface area contributed by atoms with Gasteiger partial charge >= 0.3 is 0 Å². The van der Waals surface area contributed by atoms with E-state index in [1.165, 1.54) is 0 Å². The maximum Gasteiger partial charge on any atom is 0.140 e. The average Bonchev–Trinajstić information content (AvgIpc) is 2.82. The first-order valence-corrected chi connectivity index (χ1v) is 5.93. The predicted molar refractivity (Wildman–Crippen MR) is 67.4 cm³/mol. The third-order valence-electron chi connectivity index (χ3n) is 3.26. The molecule has 18 heavy (non-hydrogen) atoms. The largest absolute Gasteiger partial charge is 0.383 e. The standard InChI is InChI=1S/C13H17N3O2/c1-17-9-12-5-13(18-2)8-16(12)11-4-3-10(6-14)15-7-11/h3-4,7,12-13H,5,8-9H2,1-2H3/t12-,13+/m0/s1. The van der Waals surface area contributed by atoms with Crippen LogP contribution in [0.3, 0.4) is 0 Å². The van der Waals surface area contributed by atoms with Crippen LogP contribution in [0.5, 0.6) is 0 Å². The third-order valence-corrected chi connectivity index (χ3v) is 3.26. The van der Waals surface area contributed by atoms with Crippen LogP contribution in [0.1, 0.15) is 12.1 Å². The minimum atomic E-state index is 0.223. The minimum absolute atomic E-state index is 0.223. The molecule has 1 aliphatic heterocycles. The van der Waals surface area contributed by atoms with E-state index in [2.05, 4.69) is 9.88 Å². The molecule has 1 fully saturated rings. The highest BCUT2D eigenvalue weighted by Crippen LogP contribution is 2.26. The monoisotopic (exact) mass is 247 g/mol. The fourth-order valence-corrected chi connectivity index (χ4v) is 2.33. The smallest absolute Gasteiger partial charge is 0.140 e. The van der Waals surface area contributed by atoms with Crippen molar-refractivity contribution in [3.63, 3.8) is 0 Å². The summed E-state index contributed by atoms with van der Waals surface area (Å²) >= 11 is 0. The van der Waals surface area contributed by atoms with E-state index in [1.54, 1.807) is 26.5 Å². The predicted octanol–water partition coefficient (Wildman–Crippen LogP) is 1.19. The molecular weight excluding hydrogens is 230 g/mol. The molecule has 0 N–H and O–H groups in total. The number of aromatic nitrogens is 1. The molecule has 0 amide bonds. The van der Waals surface area contributed by atoms with Crippen molar-refractivity contribution in [3.05, 3.63) is 24.0 Å². The molecule has 2 rings (SSSR count). The van der Waals surface area contributed by atoms with Gasteiger partial charge in [0.05, 0.1) is 30.6 Å². The van der Waals surface area contributed by atoms with Crippen molar-refractivity contribution < 1.29 is 9.47 Å². The number of hydrogen-bond donors (Lipinski definition) is 0. The number of hydrogen-bond acceptors (Lipinski definition) is 5. The van der Waals surface area contributed by atoms with Crippen LogP contribution >= 0.6 is 0 Å². The van der Waals surface area contributed by atoms with Gasteiger partial charge in [0.2, 0.25) is 0 Å². The van der Waals surface area contributed by atoms with Crippen LogP contribution in [0.4, 0.5) is 5.69 Å². The van der Waals surface area contributed by atoms with Crippen LogP contribution in [0.2, 0.25) is 0 Å². The molecule has 5 heteroatoms. The summed E-state index contributed by atoms with van der Waals surface area (Å²) in [7, 11) is 3.43. The Morgan fingerprint density at radius 3 is 2.89 bits per heavy atom. The molecule has 0 radical (unpaired) electrons. The molecule has 1 aliphatic rings. The SMILES string of the molecule is COC[C@@H]1C[C@@H](OC)CN1c1ccc(C#N)nc1. The lowest BCUT2D eigenvalue weighted by Gasteiger charge is -2.25. The Kier molecular flexibility index (Phi) is 4.13. The van der Waals surface area contributed by atoms with Gasteiger partial charge in [0, 0.05) is 20.8 Å². The Hall–Kier alpha value is -1.64. The van der Waals surface area contributed by atoms with Gasteiger partial charge in [0.1, 0.15) is 11.8 Å². The van der Waals surface area contributed by atoms with Crippen molar-refractivity contribution in [2.24, 2.45) is 0 Å². The van der Waals surface area contributed by atoms with Gasteiger partial charge in [-0.1, -0.05) is 0 Å². The molecule has 0 unspecified atom stereocenters. The molecule has 0 saturated carbocycles. The van der Waals surface area contributed by atoms with E-state index in [1.807, 2.05) is 12.1 Å². The van der Waals surface area contributed by atoms with Crippen LogP contribution in [-0.4, -0.2) is 44.5 Å². The van der Waals surface area contributed by atoms with Gasteiger partial charge in [0.25, 0.3) is 0 Å². The zero-order valence-corrected chi connectivity index (χ0v) is 10.7. The molecule has 0 aromatic carbocycles. The summed E-state index contributed by atoms with van der Waals surface area (Å²) in [5.41, 5.74) is 1.44. The minimum Gasteiger partial charge on any atom is -0.383 e. The number of nitrogens with zero attached hydrogens (tertiary/aromatic N) is 3. The molecule has 5 nitrogen and oxygen atoms in total. The van der Waals surface area contributed by atoms with Crippen molar-refractivity contribution in [3.8, 4) is 6.07 Å². The highest BCUT2D eigenvalue weighted by molar-refractivity contribution is 5.48. The number of methoxy groups -OCH3 is 2. The molecule has 2 heterocycles. The second kappa shape index (κ2) is 5.80. The molecule has 2 atom stereocenters. The van der Waals surface area contributed by atoms with Crippen LogP contribution in [-0.2, 0) is 9.47 Å². The first-order chi connectivity index (χ1) is 8.78. The highest BCUT2D eigenvalue weighted by Gasteiger charge is 2.32. The lowest BCUT2D eigenvalue weighted by molar-refractivity contribution is 0.111. The second-order valence-corrected chi connectivity index (χ2v) is 4.37. The normalized spacial score (nSPS) is 23.1. The van der Waals surface area contributed by atoms with Crippen molar-refractivity contribution in [1.82, 2.24) is 4.98 Å². The lowest BCUT2D eigenvalue weighted by atomic mass is 10.2. The van der Waals surface area contributed by atoms with E-state index in [0.717, 1.165) is 18.7 Å². The van der Waals surface area contributed by atoms with E-state index >= 15 is 0 Å². The van der Waals surface area contributed by atoms with Crippen molar-refractivity contribution in [2.75, 3.05) is 32.3 Å². The maximum absolute atomic E-state index is 8.74. The fraction of sp³-hybridized carbons (Fsp3) is 0.538. The summed E-state index contributed by atoms with van der Waals surface area (Å²) in [6.07, 6.45) is 2.91. The molecule has 96 valence electrons. The first kappa shape index (κ1) is 12.8. The lowest BCUT2D eigenvalue weighted by Crippen LogP contribution is -2.33.